The van der Waals surface area contributed by atoms with Crippen LogP contribution < -0.4 is 20.1 Å². The lowest BCUT2D eigenvalue weighted by Crippen LogP contribution is -2.39. The Morgan fingerprint density at radius 2 is 1.71 bits per heavy atom. The van der Waals surface area contributed by atoms with Crippen molar-refractivity contribution in [3.05, 3.63) is 59.7 Å². The van der Waals surface area contributed by atoms with E-state index in [0.29, 0.717) is 36.5 Å². The Bertz CT molecular complexity index is 750. The van der Waals surface area contributed by atoms with Crippen LogP contribution in [0.3, 0.4) is 0 Å². The lowest BCUT2D eigenvalue weighted by atomic mass is 10.0. The van der Waals surface area contributed by atoms with Gasteiger partial charge in [0.2, 0.25) is 0 Å². The fourth-order valence-electron chi connectivity index (χ4n) is 2.83. The Labute approximate surface area is 167 Å². The van der Waals surface area contributed by atoms with Crippen LogP contribution in [0.5, 0.6) is 11.5 Å². The molecule has 0 bridgehead atoms. The van der Waals surface area contributed by atoms with Gasteiger partial charge >= 0.3 is 0 Å². The molecule has 0 fully saturated rings. The maximum absolute atomic E-state index is 10.5. The van der Waals surface area contributed by atoms with Crippen molar-refractivity contribution >= 4 is 5.96 Å². The fraction of sp³-hybridized carbons (Fsp3) is 0.409. The van der Waals surface area contributed by atoms with E-state index in [1.165, 1.54) is 5.56 Å². The molecule has 0 aromatic heterocycles. The Hall–Kier alpha value is -2.73. The van der Waals surface area contributed by atoms with E-state index in [9.17, 15) is 5.11 Å². The minimum absolute atomic E-state index is 0.312. The van der Waals surface area contributed by atoms with Gasteiger partial charge < -0.3 is 25.2 Å². The maximum atomic E-state index is 10.5. The molecule has 0 saturated heterocycles. The number of benzene rings is 2. The molecule has 28 heavy (non-hydrogen) atoms. The summed E-state index contributed by atoms with van der Waals surface area (Å²) in [5, 5.41) is 17.0. The first-order valence-corrected chi connectivity index (χ1v) is 9.56. The second kappa shape index (κ2) is 11.2. The SMILES string of the molecule is CCNC(=NCC(C)c1ccccc1)NCC(O)c1ccc(OC)c(OC)c1. The van der Waals surface area contributed by atoms with Crippen molar-refractivity contribution in [3.63, 3.8) is 0 Å². The number of methoxy groups -OCH3 is 2. The van der Waals surface area contributed by atoms with Gasteiger partial charge in [-0.1, -0.05) is 43.3 Å². The molecule has 2 aromatic rings. The van der Waals surface area contributed by atoms with E-state index in [0.717, 1.165) is 12.1 Å². The average Bonchev–Trinajstić information content (AvgIpc) is 2.75. The molecule has 3 N–H and O–H groups in total. The Kier molecular flexibility index (Phi) is 8.62. The van der Waals surface area contributed by atoms with Crippen LogP contribution in [-0.2, 0) is 0 Å². The number of aliphatic imine (C=N–C) groups is 1. The lowest BCUT2D eigenvalue weighted by Gasteiger charge is -2.17. The van der Waals surface area contributed by atoms with Crippen molar-refractivity contribution in [2.45, 2.75) is 25.9 Å². The number of nitrogens with zero attached hydrogens (tertiary/aromatic N) is 1. The number of nitrogens with one attached hydrogen (secondary N) is 2. The molecule has 0 amide bonds. The van der Waals surface area contributed by atoms with E-state index in [-0.39, 0.29) is 0 Å². The Balaban J connectivity index is 1.98. The van der Waals surface area contributed by atoms with Gasteiger partial charge in [0.1, 0.15) is 0 Å². The third kappa shape index (κ3) is 6.16. The third-order valence-corrected chi connectivity index (χ3v) is 4.49. The van der Waals surface area contributed by atoms with Crippen molar-refractivity contribution in [1.29, 1.82) is 0 Å². The van der Waals surface area contributed by atoms with Crippen molar-refractivity contribution in [2.24, 2.45) is 4.99 Å². The third-order valence-electron chi connectivity index (χ3n) is 4.49. The van der Waals surface area contributed by atoms with Crippen molar-refractivity contribution in [3.8, 4) is 11.5 Å². The second-order valence-electron chi connectivity index (χ2n) is 6.54. The summed E-state index contributed by atoms with van der Waals surface area (Å²) in [5.74, 6) is 2.23. The molecule has 0 radical (unpaired) electrons. The van der Waals surface area contributed by atoms with Crippen LogP contribution >= 0.6 is 0 Å². The highest BCUT2D eigenvalue weighted by atomic mass is 16.5. The van der Waals surface area contributed by atoms with Crippen LogP contribution in [0, 0.1) is 0 Å². The smallest absolute Gasteiger partial charge is 0.191 e. The Morgan fingerprint density at radius 3 is 2.36 bits per heavy atom. The van der Waals surface area contributed by atoms with Crippen LogP contribution in [0.1, 0.15) is 37.0 Å². The van der Waals surface area contributed by atoms with Crippen molar-refractivity contribution < 1.29 is 14.6 Å². The highest BCUT2D eigenvalue weighted by Gasteiger charge is 2.13. The monoisotopic (exact) mass is 385 g/mol. The fourth-order valence-corrected chi connectivity index (χ4v) is 2.83. The van der Waals surface area contributed by atoms with Gasteiger partial charge in [0.15, 0.2) is 17.5 Å². The average molecular weight is 386 g/mol. The van der Waals surface area contributed by atoms with Gasteiger partial charge in [0.05, 0.1) is 20.3 Å². The summed E-state index contributed by atoms with van der Waals surface area (Å²) >= 11 is 0. The van der Waals surface area contributed by atoms with Gasteiger partial charge in [-0.3, -0.25) is 4.99 Å². The molecule has 0 aliphatic heterocycles. The Morgan fingerprint density at radius 1 is 1.00 bits per heavy atom. The van der Waals surface area contributed by atoms with Crippen LogP contribution in [0.15, 0.2) is 53.5 Å². The maximum Gasteiger partial charge on any atom is 0.191 e. The summed E-state index contributed by atoms with van der Waals surface area (Å²) in [6.07, 6.45) is -0.699. The van der Waals surface area contributed by atoms with E-state index in [4.69, 9.17) is 9.47 Å². The topological polar surface area (TPSA) is 75.1 Å². The van der Waals surface area contributed by atoms with E-state index in [2.05, 4.69) is 34.7 Å². The van der Waals surface area contributed by atoms with Crippen LogP contribution in [-0.4, -0.2) is 44.9 Å². The zero-order chi connectivity index (χ0) is 20.4. The first-order valence-electron chi connectivity index (χ1n) is 9.56. The van der Waals surface area contributed by atoms with E-state index < -0.39 is 6.10 Å². The summed E-state index contributed by atoms with van der Waals surface area (Å²) in [6.45, 7) is 5.91. The van der Waals surface area contributed by atoms with Crippen LogP contribution in [0.25, 0.3) is 0 Å². The molecule has 6 nitrogen and oxygen atoms in total. The molecular formula is C22H31N3O3. The number of rotatable bonds is 9. The van der Waals surface area contributed by atoms with E-state index in [1.54, 1.807) is 26.4 Å². The van der Waals surface area contributed by atoms with Crippen molar-refractivity contribution in [2.75, 3.05) is 33.9 Å². The molecule has 0 saturated carbocycles. The van der Waals surface area contributed by atoms with Crippen LogP contribution in [0.4, 0.5) is 0 Å². The van der Waals surface area contributed by atoms with E-state index >= 15 is 0 Å². The predicted molar refractivity (Wildman–Crippen MR) is 113 cm³/mol. The number of hydrogen-bond donors (Lipinski definition) is 3. The van der Waals surface area contributed by atoms with E-state index in [1.807, 2.05) is 31.2 Å². The van der Waals surface area contributed by atoms with Gasteiger partial charge in [-0.15, -0.1) is 0 Å². The summed E-state index contributed by atoms with van der Waals surface area (Å²) in [6, 6.07) is 15.7. The zero-order valence-electron chi connectivity index (χ0n) is 17.1. The lowest BCUT2D eigenvalue weighted by molar-refractivity contribution is 0.180. The highest BCUT2D eigenvalue weighted by molar-refractivity contribution is 5.79. The molecular weight excluding hydrogens is 354 g/mol. The molecule has 0 aliphatic carbocycles. The second-order valence-corrected chi connectivity index (χ2v) is 6.54. The van der Waals surface area contributed by atoms with Gasteiger partial charge in [0.25, 0.3) is 0 Å². The number of ether oxygens (including phenoxy) is 2. The molecule has 2 atom stereocenters. The summed E-state index contributed by atoms with van der Waals surface area (Å²) in [7, 11) is 3.17. The molecule has 0 spiro atoms. The molecule has 2 aromatic carbocycles. The number of hydrogen-bond acceptors (Lipinski definition) is 4. The number of aliphatic hydroxyl groups excluding tert-OH is 1. The molecule has 152 valence electrons. The molecule has 2 rings (SSSR count). The molecule has 0 heterocycles. The van der Waals surface area contributed by atoms with Gasteiger partial charge in [-0.05, 0) is 30.2 Å². The normalized spacial score (nSPS) is 13.5. The molecule has 2 unspecified atom stereocenters. The molecule has 6 heteroatoms. The minimum atomic E-state index is -0.699. The van der Waals surface area contributed by atoms with Gasteiger partial charge in [0, 0.05) is 25.6 Å². The number of aliphatic hydroxyl groups is 1. The van der Waals surface area contributed by atoms with Gasteiger partial charge in [-0.2, -0.15) is 0 Å². The van der Waals surface area contributed by atoms with Crippen molar-refractivity contribution in [1.82, 2.24) is 10.6 Å². The zero-order valence-corrected chi connectivity index (χ0v) is 17.1. The standard InChI is InChI=1S/C22H31N3O3/c1-5-23-22(24-14-16(2)17-9-7-6-8-10-17)25-15-19(26)18-11-12-20(27-3)21(13-18)28-4/h6-13,16,19,26H,5,14-15H2,1-4H3,(H2,23,24,25). The highest BCUT2D eigenvalue weighted by Crippen LogP contribution is 2.29. The largest absolute Gasteiger partial charge is 0.493 e. The quantitative estimate of drug-likeness (QED) is 0.457. The van der Waals surface area contributed by atoms with Crippen LogP contribution in [0.2, 0.25) is 0 Å². The minimum Gasteiger partial charge on any atom is -0.493 e. The number of guanidine groups is 1. The van der Waals surface area contributed by atoms with Gasteiger partial charge in [-0.25, -0.2) is 0 Å². The summed E-state index contributed by atoms with van der Waals surface area (Å²) in [5.41, 5.74) is 2.01. The first-order chi connectivity index (χ1) is 13.6. The molecule has 0 aliphatic rings. The first kappa shape index (κ1) is 21.6. The summed E-state index contributed by atoms with van der Waals surface area (Å²) in [4.78, 5) is 4.66. The predicted octanol–water partition coefficient (Wildman–Crippen LogP) is 3.10. The summed E-state index contributed by atoms with van der Waals surface area (Å²) < 4.78 is 10.5.